The smallest absolute Gasteiger partial charge is 0.341 e. The molecule has 1 aliphatic rings. The van der Waals surface area contributed by atoms with Crippen molar-refractivity contribution in [3.63, 3.8) is 0 Å². The second kappa shape index (κ2) is 5.88. The fraction of sp³-hybridized carbons (Fsp3) is 0.143. The summed E-state index contributed by atoms with van der Waals surface area (Å²) in [5.74, 6) is 0.391. The second-order valence-electron chi connectivity index (χ2n) is 6.68. The lowest BCUT2D eigenvalue weighted by atomic mass is 10.00. The van der Waals surface area contributed by atoms with Gasteiger partial charge in [-0.2, -0.15) is 4.57 Å². The zero-order valence-corrected chi connectivity index (χ0v) is 14.9. The van der Waals surface area contributed by atoms with Gasteiger partial charge in [-0.15, -0.1) is 0 Å². The average Bonchev–Trinajstić information content (AvgIpc) is 3.13. The molecule has 0 unspecified atom stereocenters. The number of benzene rings is 3. The summed E-state index contributed by atoms with van der Waals surface area (Å²) in [5, 5.41) is 23.8. The minimum Gasteiger partial charge on any atom is -0.504 e. The van der Waals surface area contributed by atoms with E-state index in [0.29, 0.717) is 11.1 Å². The molecule has 2 heterocycles. The average molecular weight is 378 g/mol. The Morgan fingerprint density at radius 2 is 1.82 bits per heavy atom. The predicted molar refractivity (Wildman–Crippen MR) is 101 cm³/mol. The van der Waals surface area contributed by atoms with E-state index in [1.807, 2.05) is 48.1 Å². The van der Waals surface area contributed by atoms with Crippen molar-refractivity contribution in [3.05, 3.63) is 42.6 Å². The molecule has 3 aromatic carbocycles. The van der Waals surface area contributed by atoms with Gasteiger partial charge >= 0.3 is 5.97 Å². The van der Waals surface area contributed by atoms with E-state index in [-0.39, 0.29) is 18.3 Å². The predicted octanol–water partition coefficient (Wildman–Crippen LogP) is 2.87. The first-order valence-electron chi connectivity index (χ1n) is 8.68. The maximum Gasteiger partial charge on any atom is 0.341 e. The molecule has 1 aliphatic heterocycles. The van der Waals surface area contributed by atoms with Crippen molar-refractivity contribution in [1.29, 1.82) is 0 Å². The summed E-state index contributed by atoms with van der Waals surface area (Å²) >= 11 is 0. The van der Waals surface area contributed by atoms with Crippen molar-refractivity contribution in [2.75, 3.05) is 13.4 Å². The number of phenolic OH excluding ortho intramolecular Hbond substituents is 1. The van der Waals surface area contributed by atoms with Crippen molar-refractivity contribution in [2.45, 2.75) is 0 Å². The minimum atomic E-state index is -1.10. The molecule has 4 aromatic rings. The molecule has 0 atom stereocenters. The van der Waals surface area contributed by atoms with Crippen LogP contribution in [-0.2, 0) is 11.8 Å². The number of carbonyl (C=O) groups is 1. The zero-order chi connectivity index (χ0) is 19.4. The Hall–Kier alpha value is -3.74. The highest BCUT2D eigenvalue weighted by Crippen LogP contribution is 2.41. The molecule has 0 saturated heterocycles. The lowest BCUT2D eigenvalue weighted by Crippen LogP contribution is -2.28. The van der Waals surface area contributed by atoms with Gasteiger partial charge in [-0.3, -0.25) is 0 Å². The van der Waals surface area contributed by atoms with Gasteiger partial charge in [0.05, 0.1) is 16.2 Å². The van der Waals surface area contributed by atoms with Gasteiger partial charge in [0.15, 0.2) is 35.8 Å². The van der Waals surface area contributed by atoms with Crippen molar-refractivity contribution in [2.24, 2.45) is 7.05 Å². The number of fused-ring (bicyclic) bond motifs is 6. The second-order valence-corrected chi connectivity index (χ2v) is 6.68. The number of pyridine rings is 1. The molecule has 5 rings (SSSR count). The molecule has 1 aromatic heterocycles. The summed E-state index contributed by atoms with van der Waals surface area (Å²) < 4.78 is 18.1. The molecule has 0 radical (unpaired) electrons. The Bertz CT molecular complexity index is 1300. The van der Waals surface area contributed by atoms with Gasteiger partial charge in [-0.05, 0) is 35.7 Å². The molecule has 7 heteroatoms. The van der Waals surface area contributed by atoms with Crippen molar-refractivity contribution < 1.29 is 33.8 Å². The third kappa shape index (κ3) is 2.36. The van der Waals surface area contributed by atoms with Gasteiger partial charge in [0, 0.05) is 5.39 Å². The number of hydrogen-bond acceptors (Lipinski definition) is 5. The molecular formula is C21H16NO6+. The molecule has 28 heavy (non-hydrogen) atoms. The number of carboxylic acid groups (broad SMARTS) is 1. The Balaban J connectivity index is 1.79. The SMILES string of the molecule is C[n+]1cc2c(O)c(OCC(=O)O)ccc2c2ccc3cc4c(cc3c21)OCO4. The van der Waals surface area contributed by atoms with Crippen LogP contribution in [0.1, 0.15) is 0 Å². The third-order valence-electron chi connectivity index (χ3n) is 4.98. The summed E-state index contributed by atoms with van der Waals surface area (Å²) in [7, 11) is 1.90. The third-order valence-corrected chi connectivity index (χ3v) is 4.98. The number of aromatic hydroxyl groups is 1. The van der Waals surface area contributed by atoms with Gasteiger partial charge < -0.3 is 24.4 Å². The van der Waals surface area contributed by atoms with Crippen LogP contribution >= 0.6 is 0 Å². The standard InChI is InChI=1S/C21H15NO6/c1-22-8-15-12(4-5-16(21(15)25)26-9-19(23)24)13-3-2-11-6-17-18(28-10-27-17)7-14(11)20(13)22/h2-8H,9-10H2,1H3,(H,23,24)/p+1. The van der Waals surface area contributed by atoms with Crippen LogP contribution in [-0.4, -0.2) is 29.6 Å². The molecule has 0 amide bonds. The number of carboxylic acids is 1. The van der Waals surface area contributed by atoms with E-state index in [9.17, 15) is 9.90 Å². The number of aliphatic carboxylic acids is 1. The molecular weight excluding hydrogens is 362 g/mol. The van der Waals surface area contributed by atoms with Crippen LogP contribution in [0.3, 0.4) is 0 Å². The summed E-state index contributed by atoms with van der Waals surface area (Å²) in [4.78, 5) is 10.8. The maximum atomic E-state index is 10.8. The first kappa shape index (κ1) is 16.4. The van der Waals surface area contributed by atoms with Crippen LogP contribution in [0.25, 0.3) is 32.4 Å². The van der Waals surface area contributed by atoms with Crippen LogP contribution in [0.5, 0.6) is 23.0 Å². The van der Waals surface area contributed by atoms with E-state index in [4.69, 9.17) is 19.3 Å². The lowest BCUT2D eigenvalue weighted by Gasteiger charge is -2.11. The Kier molecular flexibility index (Phi) is 3.45. The number of aromatic nitrogens is 1. The van der Waals surface area contributed by atoms with Gasteiger partial charge in [0.25, 0.3) is 0 Å². The first-order chi connectivity index (χ1) is 13.5. The normalized spacial score (nSPS) is 12.8. The highest BCUT2D eigenvalue weighted by Gasteiger charge is 2.21. The van der Waals surface area contributed by atoms with Crippen molar-refractivity contribution in [1.82, 2.24) is 0 Å². The topological polar surface area (TPSA) is 89.1 Å². The van der Waals surface area contributed by atoms with E-state index in [2.05, 4.69) is 0 Å². The molecule has 0 fully saturated rings. The Morgan fingerprint density at radius 1 is 1.07 bits per heavy atom. The maximum absolute atomic E-state index is 10.8. The molecule has 0 bridgehead atoms. The van der Waals surface area contributed by atoms with Crippen LogP contribution in [0, 0.1) is 0 Å². The van der Waals surface area contributed by atoms with Crippen molar-refractivity contribution in [3.8, 4) is 23.0 Å². The minimum absolute atomic E-state index is 0.0815. The van der Waals surface area contributed by atoms with Crippen LogP contribution in [0.2, 0.25) is 0 Å². The van der Waals surface area contributed by atoms with Crippen molar-refractivity contribution >= 4 is 38.4 Å². The lowest BCUT2D eigenvalue weighted by molar-refractivity contribution is -0.642. The highest BCUT2D eigenvalue weighted by atomic mass is 16.7. The quantitative estimate of drug-likeness (QED) is 0.421. The molecule has 0 saturated carbocycles. The van der Waals surface area contributed by atoms with E-state index in [1.165, 1.54) is 0 Å². The number of aryl methyl sites for hydroxylation is 1. The number of ether oxygens (including phenoxy) is 3. The first-order valence-corrected chi connectivity index (χ1v) is 8.68. The van der Waals surface area contributed by atoms with Crippen LogP contribution < -0.4 is 18.8 Å². The van der Waals surface area contributed by atoms with Gasteiger partial charge in [-0.25, -0.2) is 4.79 Å². The summed E-state index contributed by atoms with van der Waals surface area (Å²) in [6.45, 7) is -0.303. The van der Waals surface area contributed by atoms with E-state index >= 15 is 0 Å². The Morgan fingerprint density at radius 3 is 2.61 bits per heavy atom. The fourth-order valence-corrected chi connectivity index (χ4v) is 3.76. The van der Waals surface area contributed by atoms with E-state index in [1.54, 1.807) is 6.07 Å². The summed E-state index contributed by atoms with van der Waals surface area (Å²) in [6, 6.07) is 11.3. The number of nitrogens with zero attached hydrogens (tertiary/aromatic N) is 1. The van der Waals surface area contributed by atoms with Gasteiger partial charge in [0.2, 0.25) is 12.3 Å². The van der Waals surface area contributed by atoms with Crippen LogP contribution in [0.15, 0.2) is 42.6 Å². The largest absolute Gasteiger partial charge is 0.504 e. The fourth-order valence-electron chi connectivity index (χ4n) is 3.76. The van der Waals surface area contributed by atoms with Crippen LogP contribution in [0.4, 0.5) is 0 Å². The Labute approximate surface area is 158 Å². The molecule has 0 spiro atoms. The van der Waals surface area contributed by atoms with E-state index in [0.717, 1.165) is 32.8 Å². The summed E-state index contributed by atoms with van der Waals surface area (Å²) in [6.07, 6.45) is 1.81. The van der Waals surface area contributed by atoms with E-state index < -0.39 is 12.6 Å². The molecule has 2 N–H and O–H groups in total. The monoisotopic (exact) mass is 378 g/mol. The molecule has 0 aliphatic carbocycles. The highest BCUT2D eigenvalue weighted by molar-refractivity contribution is 6.15. The number of rotatable bonds is 3. The van der Waals surface area contributed by atoms with Gasteiger partial charge in [0.1, 0.15) is 7.05 Å². The van der Waals surface area contributed by atoms with Gasteiger partial charge in [-0.1, -0.05) is 6.07 Å². The zero-order valence-electron chi connectivity index (χ0n) is 14.9. The summed E-state index contributed by atoms with van der Waals surface area (Å²) in [5.41, 5.74) is 0.988. The molecule has 7 nitrogen and oxygen atoms in total. The number of hydrogen-bond donors (Lipinski definition) is 2. The molecule has 140 valence electrons. The number of phenols is 1.